The molecule has 0 amide bonds. The monoisotopic (exact) mass is 150 g/mol. The molecular formula is C6H6N4O. The Morgan fingerprint density at radius 3 is 3.18 bits per heavy atom. The van der Waals surface area contributed by atoms with Crippen LogP contribution in [-0.2, 0) is 7.05 Å². The van der Waals surface area contributed by atoms with Crippen molar-refractivity contribution in [3.05, 3.63) is 23.5 Å². The molecule has 0 atom stereocenters. The van der Waals surface area contributed by atoms with Crippen LogP contribution in [0, 0.1) is 5.21 Å². The number of hydrogen-bond acceptors (Lipinski definition) is 3. The van der Waals surface area contributed by atoms with Crippen LogP contribution in [0.1, 0.15) is 0 Å². The fourth-order valence-corrected chi connectivity index (χ4v) is 1.00. The van der Waals surface area contributed by atoms with E-state index in [1.54, 1.807) is 25.4 Å². The van der Waals surface area contributed by atoms with Gasteiger partial charge in [-0.1, -0.05) is 0 Å². The van der Waals surface area contributed by atoms with Crippen LogP contribution in [0.15, 0.2) is 18.3 Å². The van der Waals surface area contributed by atoms with Crippen molar-refractivity contribution in [2.45, 2.75) is 0 Å². The first-order valence-electron chi connectivity index (χ1n) is 3.16. The highest BCUT2D eigenvalue weighted by Gasteiger charge is 2.08. The van der Waals surface area contributed by atoms with Crippen molar-refractivity contribution >= 4 is 11.2 Å². The molecule has 2 rings (SSSR count). The van der Waals surface area contributed by atoms with E-state index < -0.39 is 0 Å². The molecule has 0 aliphatic heterocycles. The third-order valence-corrected chi connectivity index (χ3v) is 1.51. The van der Waals surface area contributed by atoms with Gasteiger partial charge in [-0.3, -0.25) is 0 Å². The zero-order chi connectivity index (χ0) is 7.84. The van der Waals surface area contributed by atoms with E-state index in [-0.39, 0.29) is 0 Å². The number of hydrogen-bond donors (Lipinski definition) is 0. The topological polar surface area (TPSA) is 57.6 Å². The second-order valence-electron chi connectivity index (χ2n) is 2.23. The van der Waals surface area contributed by atoms with Gasteiger partial charge in [0.1, 0.15) is 6.20 Å². The van der Waals surface area contributed by atoms with Crippen LogP contribution >= 0.6 is 0 Å². The molecule has 0 aromatic carbocycles. The van der Waals surface area contributed by atoms with E-state index in [0.717, 1.165) is 5.52 Å². The van der Waals surface area contributed by atoms with Gasteiger partial charge in [0.05, 0.1) is 7.05 Å². The zero-order valence-electron chi connectivity index (χ0n) is 5.93. The fraction of sp³-hybridized carbons (Fsp3) is 0.167. The summed E-state index contributed by atoms with van der Waals surface area (Å²) in [7, 11) is 1.71. The Kier molecular flexibility index (Phi) is 1.06. The van der Waals surface area contributed by atoms with Gasteiger partial charge in [-0.15, -0.1) is 9.83 Å². The number of fused-ring (bicyclic) bond motifs is 1. The van der Waals surface area contributed by atoms with Crippen LogP contribution in [0.3, 0.4) is 0 Å². The highest BCUT2D eigenvalue weighted by Crippen LogP contribution is 2.01. The lowest BCUT2D eigenvalue weighted by molar-refractivity contribution is -0.648. The molecule has 0 fully saturated rings. The highest BCUT2D eigenvalue weighted by molar-refractivity contribution is 5.65. The van der Waals surface area contributed by atoms with Gasteiger partial charge < -0.3 is 5.21 Å². The van der Waals surface area contributed by atoms with Gasteiger partial charge in [0, 0.05) is 5.21 Å². The van der Waals surface area contributed by atoms with E-state index in [4.69, 9.17) is 0 Å². The third kappa shape index (κ3) is 0.739. The maximum atomic E-state index is 10.9. The summed E-state index contributed by atoms with van der Waals surface area (Å²) in [5.41, 5.74) is 1.09. The Balaban J connectivity index is 2.95. The lowest BCUT2D eigenvalue weighted by Crippen LogP contribution is -2.29. The predicted octanol–water partition coefficient (Wildman–Crippen LogP) is -0.398. The van der Waals surface area contributed by atoms with Crippen molar-refractivity contribution in [1.29, 1.82) is 0 Å². The van der Waals surface area contributed by atoms with E-state index in [0.29, 0.717) is 10.5 Å². The van der Waals surface area contributed by atoms with E-state index in [2.05, 4.69) is 10.2 Å². The van der Waals surface area contributed by atoms with Gasteiger partial charge in [-0.05, 0) is 12.1 Å². The molecule has 0 N–H and O–H groups in total. The molecule has 0 saturated heterocycles. The van der Waals surface area contributed by atoms with Crippen LogP contribution in [0.2, 0.25) is 0 Å². The lowest BCUT2D eigenvalue weighted by atomic mass is 10.4. The maximum absolute atomic E-state index is 10.9. The first-order valence-corrected chi connectivity index (χ1v) is 3.16. The molecule has 0 saturated carbocycles. The first-order chi connectivity index (χ1) is 5.29. The molecule has 5 nitrogen and oxygen atoms in total. The summed E-state index contributed by atoms with van der Waals surface area (Å²) >= 11 is 0. The minimum atomic E-state index is 0.356. The summed E-state index contributed by atoms with van der Waals surface area (Å²) in [5, 5.41) is 14.5. The van der Waals surface area contributed by atoms with Crippen molar-refractivity contribution in [3.63, 3.8) is 0 Å². The standard InChI is InChI=1S/C6H6N4O/c1-9-5-3-2-4-7-6(5)10(11)8-9/h2-4H,1H3. The first kappa shape index (κ1) is 6.09. The quantitative estimate of drug-likeness (QED) is 0.379. The van der Waals surface area contributed by atoms with Gasteiger partial charge in [0.15, 0.2) is 5.52 Å². The second kappa shape index (κ2) is 1.91. The minimum Gasteiger partial charge on any atom is -0.721 e. The van der Waals surface area contributed by atoms with Gasteiger partial charge >= 0.3 is 5.65 Å². The zero-order valence-corrected chi connectivity index (χ0v) is 5.93. The molecule has 0 radical (unpaired) electrons. The van der Waals surface area contributed by atoms with Crippen molar-refractivity contribution in [3.8, 4) is 0 Å². The molecule has 0 bridgehead atoms. The number of aromatic nitrogens is 4. The summed E-state index contributed by atoms with van der Waals surface area (Å²) in [5.74, 6) is 0. The largest absolute Gasteiger partial charge is 0.721 e. The number of rotatable bonds is 0. The van der Waals surface area contributed by atoms with Crippen LogP contribution in [0.4, 0.5) is 0 Å². The van der Waals surface area contributed by atoms with Gasteiger partial charge in [-0.2, -0.15) is 4.68 Å². The number of aryl methyl sites for hydroxylation is 1. The molecule has 2 aromatic rings. The molecule has 0 unspecified atom stereocenters. The molecule has 2 aromatic heterocycles. The Morgan fingerprint density at radius 1 is 1.64 bits per heavy atom. The summed E-state index contributed by atoms with van der Waals surface area (Å²) < 4.78 is 1.50. The van der Waals surface area contributed by atoms with Crippen LogP contribution in [0.25, 0.3) is 11.2 Å². The normalized spacial score (nSPS) is 10.6. The Bertz CT molecular complexity index is 358. The van der Waals surface area contributed by atoms with E-state index >= 15 is 0 Å². The molecule has 0 aliphatic carbocycles. The van der Waals surface area contributed by atoms with Gasteiger partial charge in [0.2, 0.25) is 0 Å². The SMILES string of the molecule is Cn1n[n+]([O-])c2ncccc21. The molecule has 0 aliphatic rings. The summed E-state index contributed by atoms with van der Waals surface area (Å²) in [6.45, 7) is 0. The van der Waals surface area contributed by atoms with Crippen LogP contribution < -0.4 is 4.85 Å². The number of nitrogens with zero attached hydrogens (tertiary/aromatic N) is 4. The maximum Gasteiger partial charge on any atom is 0.323 e. The Labute approximate surface area is 62.5 Å². The van der Waals surface area contributed by atoms with E-state index in [1.165, 1.54) is 4.68 Å². The lowest BCUT2D eigenvalue weighted by Gasteiger charge is -1.89. The summed E-state index contributed by atoms with van der Waals surface area (Å²) in [6, 6.07) is 3.56. The summed E-state index contributed by atoms with van der Waals surface area (Å²) in [4.78, 5) is 4.38. The molecule has 2 heterocycles. The average Bonchev–Trinajstić information content (AvgIpc) is 2.30. The van der Waals surface area contributed by atoms with Crippen LogP contribution in [0.5, 0.6) is 0 Å². The van der Waals surface area contributed by atoms with E-state index in [9.17, 15) is 5.21 Å². The molecule has 11 heavy (non-hydrogen) atoms. The van der Waals surface area contributed by atoms with Gasteiger partial charge in [0.25, 0.3) is 0 Å². The number of pyridine rings is 1. The van der Waals surface area contributed by atoms with Crippen LogP contribution in [-0.4, -0.2) is 14.9 Å². The van der Waals surface area contributed by atoms with Crippen molar-refractivity contribution in [2.75, 3.05) is 0 Å². The fourth-order valence-electron chi connectivity index (χ4n) is 1.00. The second-order valence-corrected chi connectivity index (χ2v) is 2.23. The summed E-state index contributed by atoms with van der Waals surface area (Å²) in [6.07, 6.45) is 1.57. The van der Waals surface area contributed by atoms with Crippen molar-refractivity contribution in [2.24, 2.45) is 7.05 Å². The average molecular weight is 150 g/mol. The highest BCUT2D eigenvalue weighted by atomic mass is 16.5. The van der Waals surface area contributed by atoms with Gasteiger partial charge in [-0.25, -0.2) is 0 Å². The minimum absolute atomic E-state index is 0.356. The van der Waals surface area contributed by atoms with E-state index in [1.807, 2.05) is 0 Å². The molecule has 0 spiro atoms. The molecule has 5 heteroatoms. The Morgan fingerprint density at radius 2 is 2.45 bits per heavy atom. The molecular weight excluding hydrogens is 144 g/mol. The molecule has 56 valence electrons. The smallest absolute Gasteiger partial charge is 0.323 e. The third-order valence-electron chi connectivity index (χ3n) is 1.51. The Hall–Kier alpha value is -1.65. The van der Waals surface area contributed by atoms with Crippen molar-refractivity contribution in [1.82, 2.24) is 14.9 Å². The van der Waals surface area contributed by atoms with Crippen molar-refractivity contribution < 1.29 is 4.85 Å². The predicted molar refractivity (Wildman–Crippen MR) is 37.5 cm³/mol.